The predicted octanol–water partition coefficient (Wildman–Crippen LogP) is 1.21. The molecule has 4 nitrogen and oxygen atoms in total. The molecule has 0 radical (unpaired) electrons. The van der Waals surface area contributed by atoms with Gasteiger partial charge < -0.3 is 10.1 Å². The molecule has 0 aromatic carbocycles. The average molecular weight is 251 g/mol. The summed E-state index contributed by atoms with van der Waals surface area (Å²) in [5.41, 5.74) is 0. The van der Waals surface area contributed by atoms with Crippen molar-refractivity contribution in [3.8, 4) is 0 Å². The highest BCUT2D eigenvalue weighted by molar-refractivity contribution is 7.90. The van der Waals surface area contributed by atoms with E-state index in [0.29, 0.717) is 6.42 Å². The van der Waals surface area contributed by atoms with E-state index in [4.69, 9.17) is 4.74 Å². The zero-order valence-electron chi connectivity index (χ0n) is 10.8. The summed E-state index contributed by atoms with van der Waals surface area (Å²) in [6, 6.07) is 0.252. The van der Waals surface area contributed by atoms with Gasteiger partial charge in [-0.3, -0.25) is 0 Å². The molecule has 5 heteroatoms. The topological polar surface area (TPSA) is 55.4 Å². The summed E-state index contributed by atoms with van der Waals surface area (Å²) in [6.45, 7) is 5.00. The number of ether oxygens (including phenoxy) is 1. The molecule has 2 atom stereocenters. The number of nitrogens with one attached hydrogen (secondary N) is 1. The fourth-order valence-corrected chi connectivity index (χ4v) is 2.55. The maximum absolute atomic E-state index is 11.0. The number of sulfone groups is 1. The Morgan fingerprint density at radius 3 is 2.31 bits per heavy atom. The zero-order valence-corrected chi connectivity index (χ0v) is 11.6. The van der Waals surface area contributed by atoms with Crippen molar-refractivity contribution in [3.05, 3.63) is 0 Å². The largest absolute Gasteiger partial charge is 0.380 e. The molecule has 0 aromatic heterocycles. The lowest BCUT2D eigenvalue weighted by Gasteiger charge is -2.25. The van der Waals surface area contributed by atoms with Gasteiger partial charge in [0.2, 0.25) is 0 Å². The Balaban J connectivity index is 4.12. The van der Waals surface area contributed by atoms with Crippen LogP contribution in [-0.4, -0.2) is 46.2 Å². The molecule has 0 rings (SSSR count). The van der Waals surface area contributed by atoms with Gasteiger partial charge in [-0.05, 0) is 25.8 Å². The minimum Gasteiger partial charge on any atom is -0.380 e. The van der Waals surface area contributed by atoms with Crippen molar-refractivity contribution in [1.29, 1.82) is 0 Å². The van der Waals surface area contributed by atoms with Crippen LogP contribution in [0.4, 0.5) is 0 Å². The van der Waals surface area contributed by atoms with E-state index in [-0.39, 0.29) is 17.9 Å². The Morgan fingerprint density at radius 2 is 1.94 bits per heavy atom. The van der Waals surface area contributed by atoms with E-state index >= 15 is 0 Å². The Hall–Kier alpha value is -0.130. The maximum Gasteiger partial charge on any atom is 0.147 e. The molecule has 0 spiro atoms. The van der Waals surface area contributed by atoms with Crippen LogP contribution in [0.5, 0.6) is 0 Å². The van der Waals surface area contributed by atoms with Gasteiger partial charge in [0.1, 0.15) is 9.84 Å². The third-order valence-electron chi connectivity index (χ3n) is 2.65. The molecule has 0 saturated heterocycles. The molecular weight excluding hydrogens is 226 g/mol. The summed E-state index contributed by atoms with van der Waals surface area (Å²) in [7, 11) is -1.14. The molecule has 0 heterocycles. The SMILES string of the molecule is CCNC(CCCS(C)(=O)=O)C(CC)OC. The molecule has 0 saturated carbocycles. The smallest absolute Gasteiger partial charge is 0.147 e. The molecule has 2 unspecified atom stereocenters. The lowest BCUT2D eigenvalue weighted by molar-refractivity contribution is 0.0628. The van der Waals surface area contributed by atoms with Crippen LogP contribution in [0.25, 0.3) is 0 Å². The van der Waals surface area contributed by atoms with E-state index in [1.807, 2.05) is 6.92 Å². The fraction of sp³-hybridized carbons (Fsp3) is 1.00. The van der Waals surface area contributed by atoms with E-state index in [1.54, 1.807) is 7.11 Å². The highest BCUT2D eigenvalue weighted by atomic mass is 32.2. The Bertz CT molecular complexity index is 260. The molecule has 0 amide bonds. The number of rotatable bonds is 9. The van der Waals surface area contributed by atoms with Crippen molar-refractivity contribution >= 4 is 9.84 Å². The molecule has 1 N–H and O–H groups in total. The van der Waals surface area contributed by atoms with Crippen molar-refractivity contribution in [1.82, 2.24) is 5.32 Å². The average Bonchev–Trinajstić information content (AvgIpc) is 2.17. The lowest BCUT2D eigenvalue weighted by atomic mass is 10.0. The number of likely N-dealkylation sites (N-methyl/N-ethyl adjacent to an activating group) is 1. The molecule has 0 aliphatic rings. The summed E-state index contributed by atoms with van der Waals surface area (Å²) >= 11 is 0. The van der Waals surface area contributed by atoms with Gasteiger partial charge in [0, 0.05) is 25.2 Å². The van der Waals surface area contributed by atoms with Crippen molar-refractivity contribution in [2.75, 3.05) is 25.7 Å². The number of methoxy groups -OCH3 is 1. The van der Waals surface area contributed by atoms with E-state index in [0.717, 1.165) is 19.4 Å². The third kappa shape index (κ3) is 7.19. The second-order valence-electron chi connectivity index (χ2n) is 4.12. The predicted molar refractivity (Wildman–Crippen MR) is 67.5 cm³/mol. The van der Waals surface area contributed by atoms with Crippen LogP contribution in [0.3, 0.4) is 0 Å². The molecule has 16 heavy (non-hydrogen) atoms. The second-order valence-corrected chi connectivity index (χ2v) is 6.38. The molecule has 0 aliphatic heterocycles. The van der Waals surface area contributed by atoms with Gasteiger partial charge in [-0.25, -0.2) is 8.42 Å². The van der Waals surface area contributed by atoms with Crippen molar-refractivity contribution < 1.29 is 13.2 Å². The quantitative estimate of drug-likeness (QED) is 0.669. The van der Waals surface area contributed by atoms with Gasteiger partial charge >= 0.3 is 0 Å². The van der Waals surface area contributed by atoms with Gasteiger partial charge in [-0.2, -0.15) is 0 Å². The minimum atomic E-state index is -2.84. The maximum atomic E-state index is 11.0. The molecule has 98 valence electrons. The first-order valence-electron chi connectivity index (χ1n) is 5.88. The van der Waals surface area contributed by atoms with Crippen molar-refractivity contribution in [2.45, 2.75) is 45.3 Å². The fourth-order valence-electron chi connectivity index (χ4n) is 1.86. The highest BCUT2D eigenvalue weighted by Gasteiger charge is 2.18. The monoisotopic (exact) mass is 251 g/mol. The van der Waals surface area contributed by atoms with Crippen LogP contribution in [-0.2, 0) is 14.6 Å². The molecular formula is C11H25NO3S. The van der Waals surface area contributed by atoms with Crippen LogP contribution in [0.15, 0.2) is 0 Å². The van der Waals surface area contributed by atoms with Gasteiger partial charge in [-0.15, -0.1) is 0 Å². The summed E-state index contributed by atoms with van der Waals surface area (Å²) in [5.74, 6) is 0.259. The van der Waals surface area contributed by atoms with Crippen LogP contribution in [0.1, 0.15) is 33.1 Å². The number of hydrogen-bond donors (Lipinski definition) is 1. The standard InChI is InChI=1S/C11H25NO3S/c1-5-11(15-3)10(12-6-2)8-7-9-16(4,13)14/h10-12H,5-9H2,1-4H3. The normalized spacial score (nSPS) is 16.0. The third-order valence-corrected chi connectivity index (χ3v) is 3.68. The van der Waals surface area contributed by atoms with Gasteiger partial charge in [0.15, 0.2) is 0 Å². The number of hydrogen-bond acceptors (Lipinski definition) is 4. The van der Waals surface area contributed by atoms with Gasteiger partial charge in [0.05, 0.1) is 6.10 Å². The highest BCUT2D eigenvalue weighted by Crippen LogP contribution is 2.10. The summed E-state index contributed by atoms with van der Waals surface area (Å²) < 4.78 is 27.4. The first-order valence-corrected chi connectivity index (χ1v) is 7.94. The second kappa shape index (κ2) is 8.03. The van der Waals surface area contributed by atoms with Crippen molar-refractivity contribution in [2.24, 2.45) is 0 Å². The van der Waals surface area contributed by atoms with Gasteiger partial charge in [-0.1, -0.05) is 13.8 Å². The van der Waals surface area contributed by atoms with Crippen LogP contribution in [0.2, 0.25) is 0 Å². The minimum absolute atomic E-state index is 0.166. The van der Waals surface area contributed by atoms with E-state index in [2.05, 4.69) is 12.2 Å². The summed E-state index contributed by atoms with van der Waals surface area (Å²) in [4.78, 5) is 0. The first kappa shape index (κ1) is 15.9. The van der Waals surface area contributed by atoms with Crippen LogP contribution in [0, 0.1) is 0 Å². The molecule has 0 aliphatic carbocycles. The zero-order chi connectivity index (χ0) is 12.6. The van der Waals surface area contributed by atoms with Crippen LogP contribution >= 0.6 is 0 Å². The van der Waals surface area contributed by atoms with E-state index in [1.165, 1.54) is 6.26 Å². The Morgan fingerprint density at radius 1 is 1.31 bits per heavy atom. The summed E-state index contributed by atoms with van der Waals surface area (Å²) in [6.07, 6.45) is 3.92. The molecule has 0 fully saturated rings. The Labute approximate surface area is 99.7 Å². The first-order chi connectivity index (χ1) is 7.44. The lowest BCUT2D eigenvalue weighted by Crippen LogP contribution is -2.40. The molecule has 0 bridgehead atoms. The van der Waals surface area contributed by atoms with Crippen molar-refractivity contribution in [3.63, 3.8) is 0 Å². The summed E-state index contributed by atoms with van der Waals surface area (Å²) in [5, 5.41) is 3.35. The van der Waals surface area contributed by atoms with Gasteiger partial charge in [0.25, 0.3) is 0 Å². The van der Waals surface area contributed by atoms with Crippen LogP contribution < -0.4 is 5.32 Å². The van der Waals surface area contributed by atoms with E-state index in [9.17, 15) is 8.42 Å². The Kier molecular flexibility index (Phi) is 7.97. The molecule has 0 aromatic rings. The van der Waals surface area contributed by atoms with E-state index < -0.39 is 9.84 Å².